The summed E-state index contributed by atoms with van der Waals surface area (Å²) in [6.07, 6.45) is 12.7. The van der Waals surface area contributed by atoms with Gasteiger partial charge in [-0.05, 0) is 19.3 Å². The fraction of sp³-hybridized carbons (Fsp3) is 0.933. The van der Waals surface area contributed by atoms with Crippen molar-refractivity contribution in [1.29, 1.82) is 0 Å². The first-order valence-electron chi connectivity index (χ1n) is 7.20. The zero-order valence-corrected chi connectivity index (χ0v) is 11.6. The fourth-order valence-corrected chi connectivity index (χ4v) is 2.30. The van der Waals surface area contributed by atoms with Gasteiger partial charge in [0.25, 0.3) is 0 Å². The van der Waals surface area contributed by atoms with Crippen LogP contribution in [0, 0.1) is 5.92 Å². The van der Waals surface area contributed by atoms with Crippen molar-refractivity contribution >= 4 is 5.78 Å². The summed E-state index contributed by atoms with van der Waals surface area (Å²) in [5, 5.41) is 0. The molecule has 0 radical (unpaired) electrons. The lowest BCUT2D eigenvalue weighted by Gasteiger charge is -2.12. The van der Waals surface area contributed by atoms with Crippen molar-refractivity contribution in [2.75, 3.05) is 0 Å². The van der Waals surface area contributed by atoms with Crippen LogP contribution in [0.4, 0.5) is 0 Å². The standard InChI is InChI=1S/C15H30O/c1-4-11-15(5-2)13-10-8-6-7-9-12-14(3)16/h15H,4-13H2,1-3H3. The normalized spacial score (nSPS) is 12.7. The molecule has 1 nitrogen and oxygen atoms in total. The SMILES string of the molecule is CCCC(CC)CCCCCCCC(C)=O. The predicted octanol–water partition coefficient (Wildman–Crippen LogP) is 5.13. The van der Waals surface area contributed by atoms with Crippen LogP contribution in [0.15, 0.2) is 0 Å². The smallest absolute Gasteiger partial charge is 0.129 e. The molecule has 0 bridgehead atoms. The van der Waals surface area contributed by atoms with Crippen LogP contribution in [0.1, 0.15) is 85.0 Å². The van der Waals surface area contributed by atoms with E-state index in [1.165, 1.54) is 51.4 Å². The van der Waals surface area contributed by atoms with Gasteiger partial charge >= 0.3 is 0 Å². The van der Waals surface area contributed by atoms with Gasteiger partial charge in [-0.2, -0.15) is 0 Å². The Bertz CT molecular complexity index is 163. The molecule has 0 aliphatic heterocycles. The van der Waals surface area contributed by atoms with Crippen molar-refractivity contribution in [3.63, 3.8) is 0 Å². The van der Waals surface area contributed by atoms with Crippen molar-refractivity contribution in [2.24, 2.45) is 5.92 Å². The molecule has 0 aromatic heterocycles. The van der Waals surface area contributed by atoms with E-state index in [9.17, 15) is 4.79 Å². The molecule has 0 aliphatic carbocycles. The molecule has 0 amide bonds. The van der Waals surface area contributed by atoms with E-state index < -0.39 is 0 Å². The predicted molar refractivity (Wildman–Crippen MR) is 71.7 cm³/mol. The maximum Gasteiger partial charge on any atom is 0.129 e. The van der Waals surface area contributed by atoms with Gasteiger partial charge < -0.3 is 4.79 Å². The molecule has 16 heavy (non-hydrogen) atoms. The number of hydrogen-bond donors (Lipinski definition) is 0. The Balaban J connectivity index is 3.22. The lowest BCUT2D eigenvalue weighted by atomic mass is 9.94. The van der Waals surface area contributed by atoms with Gasteiger partial charge in [-0.3, -0.25) is 0 Å². The van der Waals surface area contributed by atoms with Crippen molar-refractivity contribution in [3.05, 3.63) is 0 Å². The van der Waals surface area contributed by atoms with Gasteiger partial charge in [-0.1, -0.05) is 65.2 Å². The molecule has 0 saturated heterocycles. The maximum absolute atomic E-state index is 10.7. The molecule has 0 aromatic rings. The van der Waals surface area contributed by atoms with Crippen LogP contribution >= 0.6 is 0 Å². The molecule has 0 aliphatic rings. The second-order valence-corrected chi connectivity index (χ2v) is 5.07. The average molecular weight is 226 g/mol. The Morgan fingerprint density at radius 2 is 1.56 bits per heavy atom. The first-order chi connectivity index (χ1) is 7.70. The minimum absolute atomic E-state index is 0.342. The monoisotopic (exact) mass is 226 g/mol. The summed E-state index contributed by atoms with van der Waals surface area (Å²) in [5.41, 5.74) is 0. The number of carbonyl (C=O) groups is 1. The quantitative estimate of drug-likeness (QED) is 0.446. The van der Waals surface area contributed by atoms with Crippen molar-refractivity contribution in [3.8, 4) is 0 Å². The van der Waals surface area contributed by atoms with Crippen LogP contribution in [0.5, 0.6) is 0 Å². The molecule has 0 aromatic carbocycles. The lowest BCUT2D eigenvalue weighted by Crippen LogP contribution is -1.98. The van der Waals surface area contributed by atoms with Crippen molar-refractivity contribution in [2.45, 2.75) is 85.0 Å². The van der Waals surface area contributed by atoms with E-state index >= 15 is 0 Å². The Morgan fingerprint density at radius 3 is 2.12 bits per heavy atom. The van der Waals surface area contributed by atoms with E-state index in [0.717, 1.165) is 18.8 Å². The second-order valence-electron chi connectivity index (χ2n) is 5.07. The number of carbonyl (C=O) groups excluding carboxylic acids is 1. The van der Waals surface area contributed by atoms with Gasteiger partial charge in [0.2, 0.25) is 0 Å². The van der Waals surface area contributed by atoms with E-state index in [4.69, 9.17) is 0 Å². The number of rotatable bonds is 11. The van der Waals surface area contributed by atoms with E-state index in [1.807, 2.05) is 0 Å². The van der Waals surface area contributed by atoms with Crippen LogP contribution in [0.25, 0.3) is 0 Å². The van der Waals surface area contributed by atoms with Gasteiger partial charge in [-0.15, -0.1) is 0 Å². The van der Waals surface area contributed by atoms with Gasteiger partial charge in [0.15, 0.2) is 0 Å². The lowest BCUT2D eigenvalue weighted by molar-refractivity contribution is -0.117. The molecule has 96 valence electrons. The largest absolute Gasteiger partial charge is 0.300 e. The summed E-state index contributed by atoms with van der Waals surface area (Å²) < 4.78 is 0. The van der Waals surface area contributed by atoms with Crippen LogP contribution in [0.2, 0.25) is 0 Å². The van der Waals surface area contributed by atoms with E-state index in [-0.39, 0.29) is 0 Å². The molecular weight excluding hydrogens is 196 g/mol. The van der Waals surface area contributed by atoms with Crippen LogP contribution in [-0.4, -0.2) is 5.78 Å². The van der Waals surface area contributed by atoms with Gasteiger partial charge in [0, 0.05) is 6.42 Å². The highest BCUT2D eigenvalue weighted by molar-refractivity contribution is 5.75. The molecule has 0 N–H and O–H groups in total. The summed E-state index contributed by atoms with van der Waals surface area (Å²) in [7, 11) is 0. The summed E-state index contributed by atoms with van der Waals surface area (Å²) in [4.78, 5) is 10.7. The van der Waals surface area contributed by atoms with Gasteiger partial charge in [0.1, 0.15) is 5.78 Å². The molecule has 1 heteroatoms. The summed E-state index contributed by atoms with van der Waals surface area (Å²) in [6.45, 7) is 6.29. The van der Waals surface area contributed by atoms with Crippen LogP contribution in [-0.2, 0) is 4.79 Å². The highest BCUT2D eigenvalue weighted by Crippen LogP contribution is 2.19. The van der Waals surface area contributed by atoms with Crippen molar-refractivity contribution < 1.29 is 4.79 Å². The third-order valence-electron chi connectivity index (χ3n) is 3.42. The summed E-state index contributed by atoms with van der Waals surface area (Å²) in [6, 6.07) is 0. The Hall–Kier alpha value is -0.330. The highest BCUT2D eigenvalue weighted by Gasteiger charge is 2.04. The molecule has 0 heterocycles. The first kappa shape index (κ1) is 15.7. The molecule has 0 rings (SSSR count). The van der Waals surface area contributed by atoms with Gasteiger partial charge in [-0.25, -0.2) is 0 Å². The number of Topliss-reactive ketones (excluding diaryl/α,β-unsaturated/α-hetero) is 1. The van der Waals surface area contributed by atoms with Gasteiger partial charge in [0.05, 0.1) is 0 Å². The zero-order valence-electron chi connectivity index (χ0n) is 11.6. The minimum atomic E-state index is 0.342. The molecule has 1 unspecified atom stereocenters. The zero-order chi connectivity index (χ0) is 12.2. The summed E-state index contributed by atoms with van der Waals surface area (Å²) >= 11 is 0. The minimum Gasteiger partial charge on any atom is -0.300 e. The van der Waals surface area contributed by atoms with E-state index in [0.29, 0.717) is 5.78 Å². The summed E-state index contributed by atoms with van der Waals surface area (Å²) in [5.74, 6) is 1.30. The van der Waals surface area contributed by atoms with E-state index in [1.54, 1.807) is 6.92 Å². The molecule has 0 fully saturated rings. The number of unbranched alkanes of at least 4 members (excludes halogenated alkanes) is 4. The number of ketones is 1. The molecular formula is C15H30O. The second kappa shape index (κ2) is 11.2. The Kier molecular flexibility index (Phi) is 10.9. The topological polar surface area (TPSA) is 17.1 Å². The number of hydrogen-bond acceptors (Lipinski definition) is 1. The molecule has 1 atom stereocenters. The highest BCUT2D eigenvalue weighted by atomic mass is 16.1. The first-order valence-corrected chi connectivity index (χ1v) is 7.20. The third-order valence-corrected chi connectivity index (χ3v) is 3.42. The molecule has 0 spiro atoms. The molecule has 0 saturated carbocycles. The third kappa shape index (κ3) is 10.2. The van der Waals surface area contributed by atoms with Crippen LogP contribution < -0.4 is 0 Å². The van der Waals surface area contributed by atoms with Crippen molar-refractivity contribution in [1.82, 2.24) is 0 Å². The Labute approximate surface area is 102 Å². The fourth-order valence-electron chi connectivity index (χ4n) is 2.30. The average Bonchev–Trinajstić information content (AvgIpc) is 2.26. The Morgan fingerprint density at radius 1 is 0.938 bits per heavy atom. The van der Waals surface area contributed by atoms with Crippen LogP contribution in [0.3, 0.4) is 0 Å². The maximum atomic E-state index is 10.7. The van der Waals surface area contributed by atoms with E-state index in [2.05, 4.69) is 13.8 Å².